The van der Waals surface area contributed by atoms with Crippen molar-refractivity contribution in [2.45, 2.75) is 64.7 Å². The van der Waals surface area contributed by atoms with Crippen LogP contribution in [-0.2, 0) is 0 Å². The predicted octanol–water partition coefficient (Wildman–Crippen LogP) is 4.35. The Kier molecular flexibility index (Phi) is 7.47. The number of rotatable bonds is 11. The molecule has 1 fully saturated rings. The van der Waals surface area contributed by atoms with Crippen LogP contribution in [0.3, 0.4) is 0 Å². The summed E-state index contributed by atoms with van der Waals surface area (Å²) in [7, 11) is 0. The number of hydrogen-bond acceptors (Lipinski definition) is 1. The molecule has 0 saturated heterocycles. The number of nitrogens with one attached hydrogen (secondary N) is 1. The number of halogens is 1. The van der Waals surface area contributed by atoms with E-state index in [2.05, 4.69) is 12.2 Å². The van der Waals surface area contributed by atoms with E-state index in [1.807, 2.05) is 0 Å². The zero-order valence-corrected chi connectivity index (χ0v) is 11.6. The van der Waals surface area contributed by atoms with Crippen LogP contribution in [0.1, 0.15) is 64.7 Å². The summed E-state index contributed by atoms with van der Waals surface area (Å²) >= 11 is 5.81. The van der Waals surface area contributed by atoms with Gasteiger partial charge in [0.1, 0.15) is 0 Å². The Balaban J connectivity index is 1.81. The summed E-state index contributed by atoms with van der Waals surface area (Å²) in [4.78, 5) is 0. The first kappa shape index (κ1) is 14.3. The maximum absolute atomic E-state index is 5.81. The highest BCUT2D eigenvalue weighted by atomic mass is 35.5. The van der Waals surface area contributed by atoms with E-state index >= 15 is 0 Å². The highest BCUT2D eigenvalue weighted by Crippen LogP contribution is 2.48. The number of alkyl halides is 1. The fourth-order valence-corrected chi connectivity index (χ4v) is 2.68. The lowest BCUT2D eigenvalue weighted by Gasteiger charge is -2.14. The van der Waals surface area contributed by atoms with E-state index in [9.17, 15) is 0 Å². The number of unbranched alkanes of at least 4 members (excludes halogenated alkanes) is 5. The molecule has 1 nitrogen and oxygen atoms in total. The zero-order valence-electron chi connectivity index (χ0n) is 10.9. The molecular formula is C14H28ClN. The summed E-state index contributed by atoms with van der Waals surface area (Å²) < 4.78 is 0. The van der Waals surface area contributed by atoms with Crippen LogP contribution < -0.4 is 5.32 Å². The molecule has 96 valence electrons. The van der Waals surface area contributed by atoms with Crippen molar-refractivity contribution in [2.24, 2.45) is 5.41 Å². The molecule has 1 aliphatic carbocycles. The average molecular weight is 246 g/mol. The van der Waals surface area contributed by atoms with Gasteiger partial charge in [-0.1, -0.05) is 39.0 Å². The van der Waals surface area contributed by atoms with Crippen molar-refractivity contribution in [3.05, 3.63) is 0 Å². The SMILES string of the molecule is CCCCCCCCNCC1(CCCl)CC1. The summed E-state index contributed by atoms with van der Waals surface area (Å²) in [6, 6.07) is 0. The Hall–Kier alpha value is 0.250. The second-order valence-electron chi connectivity index (χ2n) is 5.38. The first-order chi connectivity index (χ1) is 7.83. The standard InChI is InChI=1S/C14H28ClN/c1-2-3-4-5-6-7-12-16-13-14(8-9-14)10-11-15/h16H,2-13H2,1H3. The van der Waals surface area contributed by atoms with Crippen molar-refractivity contribution in [2.75, 3.05) is 19.0 Å². The van der Waals surface area contributed by atoms with Gasteiger partial charge >= 0.3 is 0 Å². The van der Waals surface area contributed by atoms with Crippen LogP contribution in [-0.4, -0.2) is 19.0 Å². The van der Waals surface area contributed by atoms with Crippen LogP contribution >= 0.6 is 11.6 Å². The lowest BCUT2D eigenvalue weighted by molar-refractivity contribution is 0.439. The molecule has 0 amide bonds. The minimum Gasteiger partial charge on any atom is -0.316 e. The van der Waals surface area contributed by atoms with Gasteiger partial charge in [-0.05, 0) is 37.6 Å². The van der Waals surface area contributed by atoms with E-state index in [4.69, 9.17) is 11.6 Å². The van der Waals surface area contributed by atoms with Crippen LogP contribution in [0.25, 0.3) is 0 Å². The van der Waals surface area contributed by atoms with Crippen LogP contribution in [0.5, 0.6) is 0 Å². The summed E-state index contributed by atoms with van der Waals surface area (Å²) in [6.07, 6.45) is 12.3. The fourth-order valence-electron chi connectivity index (χ4n) is 2.28. The first-order valence-electron chi connectivity index (χ1n) is 7.10. The van der Waals surface area contributed by atoms with Crippen molar-refractivity contribution in [3.8, 4) is 0 Å². The molecule has 1 saturated carbocycles. The summed E-state index contributed by atoms with van der Waals surface area (Å²) in [5.74, 6) is 0.832. The second-order valence-corrected chi connectivity index (χ2v) is 5.76. The maximum atomic E-state index is 5.81. The molecule has 1 rings (SSSR count). The Morgan fingerprint density at radius 3 is 2.38 bits per heavy atom. The van der Waals surface area contributed by atoms with E-state index in [-0.39, 0.29) is 0 Å². The van der Waals surface area contributed by atoms with Gasteiger partial charge in [0.25, 0.3) is 0 Å². The zero-order chi connectivity index (χ0) is 11.7. The smallest absolute Gasteiger partial charge is 0.0229 e. The van der Waals surface area contributed by atoms with E-state index in [0.717, 1.165) is 5.88 Å². The van der Waals surface area contributed by atoms with Crippen molar-refractivity contribution in [1.29, 1.82) is 0 Å². The van der Waals surface area contributed by atoms with Gasteiger partial charge in [0.05, 0.1) is 0 Å². The number of hydrogen-bond donors (Lipinski definition) is 1. The summed E-state index contributed by atoms with van der Waals surface area (Å²) in [6.45, 7) is 4.68. The molecule has 0 aromatic heterocycles. The molecule has 0 aliphatic heterocycles. The molecule has 0 unspecified atom stereocenters. The van der Waals surface area contributed by atoms with Gasteiger partial charge in [0, 0.05) is 12.4 Å². The normalized spacial score (nSPS) is 17.6. The van der Waals surface area contributed by atoms with Crippen molar-refractivity contribution in [1.82, 2.24) is 5.32 Å². The van der Waals surface area contributed by atoms with Gasteiger partial charge in [0.2, 0.25) is 0 Å². The Morgan fingerprint density at radius 2 is 1.75 bits per heavy atom. The molecule has 0 bridgehead atoms. The fraction of sp³-hybridized carbons (Fsp3) is 1.00. The molecule has 1 aliphatic rings. The molecule has 0 aromatic rings. The van der Waals surface area contributed by atoms with Crippen molar-refractivity contribution < 1.29 is 0 Å². The monoisotopic (exact) mass is 245 g/mol. The van der Waals surface area contributed by atoms with Gasteiger partial charge in [-0.3, -0.25) is 0 Å². The Bertz CT molecular complexity index is 166. The van der Waals surface area contributed by atoms with Crippen LogP contribution in [0.15, 0.2) is 0 Å². The lowest BCUT2D eigenvalue weighted by atomic mass is 10.0. The molecule has 0 radical (unpaired) electrons. The lowest BCUT2D eigenvalue weighted by Crippen LogP contribution is -2.25. The molecule has 1 N–H and O–H groups in total. The van der Waals surface area contributed by atoms with Crippen LogP contribution in [0.4, 0.5) is 0 Å². The van der Waals surface area contributed by atoms with Crippen molar-refractivity contribution in [3.63, 3.8) is 0 Å². The minimum atomic E-state index is 0.601. The molecule has 0 aromatic carbocycles. The Labute approximate surface area is 106 Å². The molecule has 16 heavy (non-hydrogen) atoms. The minimum absolute atomic E-state index is 0.601. The highest BCUT2D eigenvalue weighted by Gasteiger charge is 2.40. The quantitative estimate of drug-likeness (QED) is 0.422. The van der Waals surface area contributed by atoms with Gasteiger partial charge in [-0.2, -0.15) is 0 Å². The molecular weight excluding hydrogens is 218 g/mol. The topological polar surface area (TPSA) is 12.0 Å². The third kappa shape index (κ3) is 6.10. The second kappa shape index (κ2) is 8.36. The Morgan fingerprint density at radius 1 is 1.06 bits per heavy atom. The van der Waals surface area contributed by atoms with E-state index in [1.54, 1.807) is 0 Å². The third-order valence-corrected chi connectivity index (χ3v) is 3.98. The predicted molar refractivity (Wildman–Crippen MR) is 73.2 cm³/mol. The first-order valence-corrected chi connectivity index (χ1v) is 7.63. The summed E-state index contributed by atoms with van der Waals surface area (Å²) in [5, 5.41) is 3.61. The van der Waals surface area contributed by atoms with Crippen LogP contribution in [0.2, 0.25) is 0 Å². The molecule has 0 heterocycles. The van der Waals surface area contributed by atoms with Gasteiger partial charge in [-0.25, -0.2) is 0 Å². The van der Waals surface area contributed by atoms with Gasteiger partial charge < -0.3 is 5.32 Å². The third-order valence-electron chi connectivity index (χ3n) is 3.79. The maximum Gasteiger partial charge on any atom is 0.0229 e. The van der Waals surface area contributed by atoms with Gasteiger partial charge in [0.15, 0.2) is 0 Å². The largest absolute Gasteiger partial charge is 0.316 e. The summed E-state index contributed by atoms with van der Waals surface area (Å²) in [5.41, 5.74) is 0.601. The van der Waals surface area contributed by atoms with E-state index < -0.39 is 0 Å². The van der Waals surface area contributed by atoms with Crippen molar-refractivity contribution >= 4 is 11.6 Å². The molecule has 2 heteroatoms. The highest BCUT2D eigenvalue weighted by molar-refractivity contribution is 6.17. The van der Waals surface area contributed by atoms with E-state index in [1.165, 1.54) is 70.9 Å². The average Bonchev–Trinajstić information content (AvgIpc) is 3.03. The molecule has 0 spiro atoms. The van der Waals surface area contributed by atoms with Crippen LogP contribution in [0, 0.1) is 5.41 Å². The molecule has 0 atom stereocenters. The van der Waals surface area contributed by atoms with Gasteiger partial charge in [-0.15, -0.1) is 11.6 Å². The van der Waals surface area contributed by atoms with E-state index in [0.29, 0.717) is 5.41 Å².